The lowest BCUT2D eigenvalue weighted by molar-refractivity contribution is 0.0699. The van der Waals surface area contributed by atoms with Crippen LogP contribution in [-0.2, 0) is 6.54 Å². The highest BCUT2D eigenvalue weighted by molar-refractivity contribution is 7.98. The normalized spacial score (nSPS) is 10.8. The molecule has 6 nitrogen and oxygen atoms in total. The Morgan fingerprint density at radius 2 is 2.15 bits per heavy atom. The Hall–Kier alpha value is -2.02. The fraction of sp³-hybridized carbons (Fsp3) is 0.308. The van der Waals surface area contributed by atoms with E-state index in [1.807, 2.05) is 6.26 Å². The smallest absolute Gasteiger partial charge is 0.337 e. The van der Waals surface area contributed by atoms with Crippen molar-refractivity contribution in [2.75, 3.05) is 12.0 Å². The van der Waals surface area contributed by atoms with Gasteiger partial charge in [0.25, 0.3) is 0 Å². The first kappa shape index (κ1) is 14.4. The second kappa shape index (κ2) is 5.96. The van der Waals surface area contributed by atoms with E-state index >= 15 is 0 Å². The number of carbonyl (C=O) groups is 1. The van der Waals surface area contributed by atoms with E-state index in [2.05, 4.69) is 4.98 Å². The van der Waals surface area contributed by atoms with E-state index in [4.69, 9.17) is 5.11 Å². The van der Waals surface area contributed by atoms with Gasteiger partial charge in [-0.3, -0.25) is 9.59 Å². The molecular weight excluding hydrogens is 280 g/mol. The standard InChI is InChI=1S/C13H14N2O4S/c1-20-7-3-6-15-9-5-2-4-8(13(18)19)10(9)14-11(16)12(15)17/h2,4-5H,3,6-7H2,1H3,(H,14,16)(H,18,19). The van der Waals surface area contributed by atoms with Gasteiger partial charge >= 0.3 is 17.1 Å². The highest BCUT2D eigenvalue weighted by Gasteiger charge is 2.13. The van der Waals surface area contributed by atoms with Crippen molar-refractivity contribution in [3.63, 3.8) is 0 Å². The van der Waals surface area contributed by atoms with E-state index in [0.29, 0.717) is 12.1 Å². The Balaban J connectivity index is 2.69. The van der Waals surface area contributed by atoms with Crippen molar-refractivity contribution >= 4 is 28.8 Å². The number of aromatic amines is 1. The number of hydrogen-bond donors (Lipinski definition) is 2. The van der Waals surface area contributed by atoms with Crippen molar-refractivity contribution in [2.24, 2.45) is 0 Å². The summed E-state index contributed by atoms with van der Waals surface area (Å²) >= 11 is 1.65. The topological polar surface area (TPSA) is 92.2 Å². The molecule has 106 valence electrons. The summed E-state index contributed by atoms with van der Waals surface area (Å²) in [5, 5.41) is 9.14. The zero-order valence-electron chi connectivity index (χ0n) is 10.9. The van der Waals surface area contributed by atoms with Crippen LogP contribution in [0.25, 0.3) is 11.0 Å². The Labute approximate surface area is 118 Å². The van der Waals surface area contributed by atoms with Crippen LogP contribution in [-0.4, -0.2) is 32.6 Å². The highest BCUT2D eigenvalue weighted by atomic mass is 32.2. The molecule has 0 spiro atoms. The molecule has 0 aliphatic heterocycles. The molecule has 1 heterocycles. The molecule has 1 aromatic carbocycles. The molecule has 20 heavy (non-hydrogen) atoms. The molecule has 0 atom stereocenters. The second-order valence-electron chi connectivity index (χ2n) is 4.26. The number of thioether (sulfide) groups is 1. The predicted octanol–water partition coefficient (Wildman–Crippen LogP) is 1.14. The van der Waals surface area contributed by atoms with Gasteiger partial charge in [-0.25, -0.2) is 4.79 Å². The number of carboxylic acids is 1. The van der Waals surface area contributed by atoms with Crippen LogP contribution in [0.3, 0.4) is 0 Å². The number of rotatable bonds is 5. The molecule has 0 unspecified atom stereocenters. The number of carboxylic acid groups (broad SMARTS) is 1. The van der Waals surface area contributed by atoms with E-state index in [9.17, 15) is 14.4 Å². The highest BCUT2D eigenvalue weighted by Crippen LogP contribution is 2.14. The quantitative estimate of drug-likeness (QED) is 0.637. The zero-order chi connectivity index (χ0) is 14.7. The van der Waals surface area contributed by atoms with Crippen molar-refractivity contribution in [1.29, 1.82) is 0 Å². The molecule has 0 saturated carbocycles. The summed E-state index contributed by atoms with van der Waals surface area (Å²) < 4.78 is 1.34. The van der Waals surface area contributed by atoms with Crippen LogP contribution in [0, 0.1) is 0 Å². The number of aromatic carboxylic acids is 1. The van der Waals surface area contributed by atoms with Crippen molar-refractivity contribution in [2.45, 2.75) is 13.0 Å². The number of aromatic nitrogens is 2. The molecule has 0 radical (unpaired) electrons. The monoisotopic (exact) mass is 294 g/mol. The molecule has 0 fully saturated rings. The maximum absolute atomic E-state index is 11.9. The van der Waals surface area contributed by atoms with Crippen LogP contribution in [0.2, 0.25) is 0 Å². The summed E-state index contributed by atoms with van der Waals surface area (Å²) in [4.78, 5) is 37.1. The van der Waals surface area contributed by atoms with Gasteiger partial charge in [0, 0.05) is 6.54 Å². The summed E-state index contributed by atoms with van der Waals surface area (Å²) in [6.45, 7) is 0.392. The van der Waals surface area contributed by atoms with E-state index in [1.165, 1.54) is 10.6 Å². The lowest BCUT2D eigenvalue weighted by Crippen LogP contribution is -2.36. The number of benzene rings is 1. The summed E-state index contributed by atoms with van der Waals surface area (Å²) in [6, 6.07) is 4.60. The summed E-state index contributed by atoms with van der Waals surface area (Å²) in [5.74, 6) is -0.278. The SMILES string of the molecule is CSCCCn1c(=O)c(=O)[nH]c2c(C(=O)O)cccc21. The first-order valence-electron chi connectivity index (χ1n) is 6.04. The van der Waals surface area contributed by atoms with Crippen molar-refractivity contribution in [3.8, 4) is 0 Å². The fourth-order valence-corrected chi connectivity index (χ4v) is 2.48. The van der Waals surface area contributed by atoms with Gasteiger partial charge in [0.2, 0.25) is 0 Å². The van der Waals surface area contributed by atoms with E-state index in [-0.39, 0.29) is 11.1 Å². The summed E-state index contributed by atoms with van der Waals surface area (Å²) in [7, 11) is 0. The minimum Gasteiger partial charge on any atom is -0.478 e. The number of nitrogens with one attached hydrogen (secondary N) is 1. The molecule has 7 heteroatoms. The fourth-order valence-electron chi connectivity index (χ4n) is 2.06. The average molecular weight is 294 g/mol. The van der Waals surface area contributed by atoms with E-state index < -0.39 is 17.1 Å². The molecule has 1 aromatic heterocycles. The Kier molecular flexibility index (Phi) is 4.29. The number of H-pyrrole nitrogens is 1. The van der Waals surface area contributed by atoms with Crippen LogP contribution in [0.5, 0.6) is 0 Å². The lowest BCUT2D eigenvalue weighted by Gasteiger charge is -2.10. The Morgan fingerprint density at radius 3 is 2.80 bits per heavy atom. The molecule has 0 aliphatic carbocycles. The van der Waals surface area contributed by atoms with Crippen LogP contribution in [0.15, 0.2) is 27.8 Å². The van der Waals surface area contributed by atoms with E-state index in [1.54, 1.807) is 23.9 Å². The summed E-state index contributed by atoms with van der Waals surface area (Å²) in [6.07, 6.45) is 2.69. The minimum atomic E-state index is -1.14. The molecular formula is C13H14N2O4S. The van der Waals surface area contributed by atoms with Gasteiger partial charge in [-0.15, -0.1) is 0 Å². The van der Waals surface area contributed by atoms with Crippen molar-refractivity contribution < 1.29 is 9.90 Å². The number of para-hydroxylation sites is 1. The molecule has 2 aromatic rings. The molecule has 0 bridgehead atoms. The first-order valence-corrected chi connectivity index (χ1v) is 7.43. The molecule has 2 rings (SSSR count). The average Bonchev–Trinajstić information content (AvgIpc) is 2.42. The summed E-state index contributed by atoms with van der Waals surface area (Å²) in [5.41, 5.74) is -0.834. The molecule has 2 N–H and O–H groups in total. The number of fused-ring (bicyclic) bond motifs is 1. The molecule has 0 amide bonds. The first-order chi connectivity index (χ1) is 9.56. The largest absolute Gasteiger partial charge is 0.478 e. The van der Waals surface area contributed by atoms with Gasteiger partial charge < -0.3 is 14.7 Å². The zero-order valence-corrected chi connectivity index (χ0v) is 11.7. The maximum Gasteiger partial charge on any atom is 0.337 e. The minimum absolute atomic E-state index is 0.0155. The van der Waals surface area contributed by atoms with Crippen LogP contribution in [0.1, 0.15) is 16.8 Å². The third-order valence-electron chi connectivity index (χ3n) is 2.97. The van der Waals surface area contributed by atoms with Crippen LogP contribution >= 0.6 is 11.8 Å². The number of aryl methyl sites for hydroxylation is 1. The number of nitrogens with zero attached hydrogens (tertiary/aromatic N) is 1. The lowest BCUT2D eigenvalue weighted by atomic mass is 10.1. The molecule has 0 aliphatic rings. The van der Waals surface area contributed by atoms with Gasteiger partial charge in [0.15, 0.2) is 0 Å². The van der Waals surface area contributed by atoms with Gasteiger partial charge in [-0.1, -0.05) is 6.07 Å². The van der Waals surface area contributed by atoms with E-state index in [0.717, 1.165) is 12.2 Å². The maximum atomic E-state index is 11.9. The second-order valence-corrected chi connectivity index (χ2v) is 5.25. The number of hydrogen-bond acceptors (Lipinski definition) is 4. The van der Waals surface area contributed by atoms with Gasteiger partial charge in [0.1, 0.15) is 0 Å². The van der Waals surface area contributed by atoms with Crippen LogP contribution in [0.4, 0.5) is 0 Å². The molecule has 0 saturated heterocycles. The van der Waals surface area contributed by atoms with Crippen molar-refractivity contribution in [1.82, 2.24) is 9.55 Å². The van der Waals surface area contributed by atoms with Crippen LogP contribution < -0.4 is 11.1 Å². The van der Waals surface area contributed by atoms with Gasteiger partial charge in [-0.05, 0) is 30.6 Å². The third-order valence-corrected chi connectivity index (χ3v) is 3.67. The predicted molar refractivity (Wildman–Crippen MR) is 78.8 cm³/mol. The Morgan fingerprint density at radius 1 is 1.40 bits per heavy atom. The van der Waals surface area contributed by atoms with Gasteiger partial charge in [0.05, 0.1) is 16.6 Å². The van der Waals surface area contributed by atoms with Crippen molar-refractivity contribution in [3.05, 3.63) is 44.5 Å². The Bertz CT molecular complexity index is 763. The van der Waals surface area contributed by atoms with Gasteiger partial charge in [-0.2, -0.15) is 11.8 Å². The third kappa shape index (κ3) is 2.62.